The van der Waals surface area contributed by atoms with Crippen molar-refractivity contribution in [1.29, 1.82) is 0 Å². The molecule has 0 aromatic heterocycles. The lowest BCUT2D eigenvalue weighted by atomic mass is 10.2. The first-order valence-electron chi connectivity index (χ1n) is 4.31. The third-order valence-corrected chi connectivity index (χ3v) is 2.37. The van der Waals surface area contributed by atoms with Crippen molar-refractivity contribution in [3.8, 4) is 12.3 Å². The highest BCUT2D eigenvalue weighted by Gasteiger charge is 2.22. The molecule has 0 bridgehead atoms. The maximum absolute atomic E-state index is 9.49. The van der Waals surface area contributed by atoms with Gasteiger partial charge in [0.05, 0.1) is 0 Å². The molecular weight excluding hydrogens is 162 g/mol. The summed E-state index contributed by atoms with van der Waals surface area (Å²) in [4.78, 5) is 1.84. The van der Waals surface area contributed by atoms with Crippen LogP contribution in [0.15, 0.2) is 24.3 Å². The zero-order chi connectivity index (χ0) is 9.26. The van der Waals surface area contributed by atoms with E-state index >= 15 is 0 Å². The molecule has 1 aromatic carbocycles. The summed E-state index contributed by atoms with van der Waals surface area (Å²) in [5.74, 6) is 2.33. The Morgan fingerprint density at radius 1 is 1.46 bits per heavy atom. The first kappa shape index (κ1) is 8.15. The maximum Gasteiger partial charge on any atom is 0.191 e. The quantitative estimate of drug-likeness (QED) is 0.640. The van der Waals surface area contributed by atoms with E-state index in [0.717, 1.165) is 18.7 Å². The molecule has 1 heterocycles. The van der Waals surface area contributed by atoms with Crippen LogP contribution in [0.5, 0.6) is 0 Å². The van der Waals surface area contributed by atoms with E-state index in [2.05, 4.69) is 12.0 Å². The Bertz CT molecular complexity index is 353. The fourth-order valence-corrected chi connectivity index (χ4v) is 1.71. The largest absolute Gasteiger partial charge is 0.363 e. The number of para-hydroxylation sites is 1. The van der Waals surface area contributed by atoms with Crippen LogP contribution in [0.3, 0.4) is 0 Å². The summed E-state index contributed by atoms with van der Waals surface area (Å²) in [6.07, 6.45) is 5.35. The van der Waals surface area contributed by atoms with Crippen molar-refractivity contribution in [3.63, 3.8) is 0 Å². The second kappa shape index (κ2) is 3.12. The van der Waals surface area contributed by atoms with E-state index in [1.807, 2.05) is 23.1 Å². The topological polar surface area (TPSA) is 23.5 Å². The highest BCUT2D eigenvalue weighted by atomic mass is 16.3. The molecule has 0 saturated heterocycles. The van der Waals surface area contributed by atoms with Crippen LogP contribution in [-0.4, -0.2) is 17.9 Å². The highest BCUT2D eigenvalue weighted by Crippen LogP contribution is 2.28. The monoisotopic (exact) mass is 173 g/mol. The van der Waals surface area contributed by atoms with Crippen LogP contribution in [-0.2, 0) is 6.42 Å². The number of hydrogen-bond acceptors (Lipinski definition) is 2. The third-order valence-electron chi connectivity index (χ3n) is 2.37. The summed E-state index contributed by atoms with van der Waals surface area (Å²) >= 11 is 0. The third kappa shape index (κ3) is 1.28. The van der Waals surface area contributed by atoms with Crippen molar-refractivity contribution in [2.75, 3.05) is 11.4 Å². The molecule has 2 heteroatoms. The van der Waals surface area contributed by atoms with Gasteiger partial charge in [0.25, 0.3) is 0 Å². The standard InChI is InChI=1S/C11H11NO/c1-2-11(13)12-8-7-9-5-3-4-6-10(9)12/h1,3-6,11,13H,7-8H2. The number of hydrogen-bond donors (Lipinski definition) is 1. The SMILES string of the molecule is C#CC(O)N1CCc2ccccc21. The molecule has 1 aliphatic heterocycles. The van der Waals surface area contributed by atoms with Gasteiger partial charge in [-0.15, -0.1) is 6.42 Å². The maximum atomic E-state index is 9.49. The number of fused-ring (bicyclic) bond motifs is 1. The molecule has 1 unspecified atom stereocenters. The molecule has 0 spiro atoms. The Morgan fingerprint density at radius 3 is 3.00 bits per heavy atom. The molecule has 2 nitrogen and oxygen atoms in total. The molecule has 1 aromatic rings. The molecular formula is C11H11NO. The minimum atomic E-state index is -0.788. The lowest BCUT2D eigenvalue weighted by molar-refractivity contribution is 0.228. The molecule has 1 N–H and O–H groups in total. The number of terminal acetylenes is 1. The first-order chi connectivity index (χ1) is 6.33. The van der Waals surface area contributed by atoms with Crippen molar-refractivity contribution < 1.29 is 5.11 Å². The molecule has 1 atom stereocenters. The second-order valence-corrected chi connectivity index (χ2v) is 3.11. The highest BCUT2D eigenvalue weighted by molar-refractivity contribution is 5.59. The Morgan fingerprint density at radius 2 is 2.23 bits per heavy atom. The van der Waals surface area contributed by atoms with Gasteiger partial charge >= 0.3 is 0 Å². The number of benzene rings is 1. The lowest BCUT2D eigenvalue weighted by Gasteiger charge is -2.21. The zero-order valence-electron chi connectivity index (χ0n) is 7.27. The fraction of sp³-hybridized carbons (Fsp3) is 0.273. The molecule has 0 amide bonds. The van der Waals surface area contributed by atoms with Crippen LogP contribution in [0, 0.1) is 12.3 Å². The molecule has 66 valence electrons. The van der Waals surface area contributed by atoms with Crippen LogP contribution < -0.4 is 4.90 Å². The number of nitrogens with zero attached hydrogens (tertiary/aromatic N) is 1. The summed E-state index contributed by atoms with van der Waals surface area (Å²) in [5.41, 5.74) is 2.32. The van der Waals surface area contributed by atoms with Crippen molar-refractivity contribution in [3.05, 3.63) is 29.8 Å². The van der Waals surface area contributed by atoms with Crippen molar-refractivity contribution in [1.82, 2.24) is 0 Å². The summed E-state index contributed by atoms with van der Waals surface area (Å²) in [6.45, 7) is 0.810. The molecule has 0 radical (unpaired) electrons. The van der Waals surface area contributed by atoms with Crippen LogP contribution in [0.4, 0.5) is 5.69 Å². The Hall–Kier alpha value is -1.46. The number of aliphatic hydroxyl groups is 1. The molecule has 0 saturated carbocycles. The Balaban J connectivity index is 2.34. The van der Waals surface area contributed by atoms with E-state index in [9.17, 15) is 5.11 Å². The van der Waals surface area contributed by atoms with E-state index in [0.29, 0.717) is 0 Å². The minimum Gasteiger partial charge on any atom is -0.363 e. The van der Waals surface area contributed by atoms with Gasteiger partial charge in [0.15, 0.2) is 6.23 Å². The predicted molar refractivity (Wildman–Crippen MR) is 52.3 cm³/mol. The van der Waals surface area contributed by atoms with Gasteiger partial charge < -0.3 is 10.0 Å². The molecule has 2 rings (SSSR count). The van der Waals surface area contributed by atoms with Crippen molar-refractivity contribution >= 4 is 5.69 Å². The van der Waals surface area contributed by atoms with Gasteiger partial charge in [0.2, 0.25) is 0 Å². The Labute approximate surface area is 77.8 Å². The van der Waals surface area contributed by atoms with Crippen LogP contribution in [0.25, 0.3) is 0 Å². The van der Waals surface area contributed by atoms with Gasteiger partial charge in [-0.05, 0) is 18.1 Å². The first-order valence-corrected chi connectivity index (χ1v) is 4.31. The van der Waals surface area contributed by atoms with Crippen LogP contribution >= 0.6 is 0 Å². The average Bonchev–Trinajstić information content (AvgIpc) is 2.60. The Kier molecular flexibility index (Phi) is 1.96. The van der Waals surface area contributed by atoms with E-state index < -0.39 is 6.23 Å². The predicted octanol–water partition coefficient (Wildman–Crippen LogP) is 1.00. The molecule has 1 aliphatic rings. The lowest BCUT2D eigenvalue weighted by Crippen LogP contribution is -2.32. The van der Waals surface area contributed by atoms with Crippen LogP contribution in [0.2, 0.25) is 0 Å². The molecule has 13 heavy (non-hydrogen) atoms. The average molecular weight is 173 g/mol. The van der Waals surface area contributed by atoms with E-state index in [4.69, 9.17) is 6.42 Å². The number of anilines is 1. The van der Waals surface area contributed by atoms with Crippen molar-refractivity contribution in [2.45, 2.75) is 12.6 Å². The van der Waals surface area contributed by atoms with E-state index in [1.165, 1.54) is 5.56 Å². The van der Waals surface area contributed by atoms with Gasteiger partial charge in [0, 0.05) is 12.2 Å². The summed E-state index contributed by atoms with van der Waals surface area (Å²) in [6, 6.07) is 8.02. The fourth-order valence-electron chi connectivity index (χ4n) is 1.71. The van der Waals surface area contributed by atoms with E-state index in [1.54, 1.807) is 0 Å². The van der Waals surface area contributed by atoms with Gasteiger partial charge in [-0.1, -0.05) is 24.1 Å². The zero-order valence-corrected chi connectivity index (χ0v) is 7.27. The summed E-state index contributed by atoms with van der Waals surface area (Å²) in [5, 5.41) is 9.49. The molecule has 0 fully saturated rings. The number of rotatable bonds is 1. The minimum absolute atomic E-state index is 0.788. The number of aliphatic hydroxyl groups excluding tert-OH is 1. The van der Waals surface area contributed by atoms with Gasteiger partial charge in [-0.25, -0.2) is 0 Å². The molecule has 0 aliphatic carbocycles. The van der Waals surface area contributed by atoms with Crippen molar-refractivity contribution in [2.24, 2.45) is 0 Å². The smallest absolute Gasteiger partial charge is 0.191 e. The second-order valence-electron chi connectivity index (χ2n) is 3.11. The van der Waals surface area contributed by atoms with E-state index in [-0.39, 0.29) is 0 Å². The van der Waals surface area contributed by atoms with Crippen LogP contribution in [0.1, 0.15) is 5.56 Å². The summed E-state index contributed by atoms with van der Waals surface area (Å²) < 4.78 is 0. The van der Waals surface area contributed by atoms with Gasteiger partial charge in [0.1, 0.15) is 0 Å². The summed E-state index contributed by atoms with van der Waals surface area (Å²) in [7, 11) is 0. The van der Waals surface area contributed by atoms with Gasteiger partial charge in [-0.3, -0.25) is 0 Å². The normalized spacial score (nSPS) is 16.5. The van der Waals surface area contributed by atoms with Gasteiger partial charge in [-0.2, -0.15) is 0 Å².